The zero-order valence-electron chi connectivity index (χ0n) is 10.3. The molecule has 16 heavy (non-hydrogen) atoms. The van der Waals surface area contributed by atoms with Gasteiger partial charge in [0, 0.05) is 10.6 Å². The van der Waals surface area contributed by atoms with E-state index in [0.29, 0.717) is 10.6 Å². The fourth-order valence-electron chi connectivity index (χ4n) is 1.73. The van der Waals surface area contributed by atoms with Gasteiger partial charge >= 0.3 is 0 Å². The fourth-order valence-corrected chi connectivity index (χ4v) is 1.92. The Morgan fingerprint density at radius 1 is 1.38 bits per heavy atom. The highest BCUT2D eigenvalue weighted by molar-refractivity contribution is 6.31. The van der Waals surface area contributed by atoms with E-state index < -0.39 is 0 Å². The van der Waals surface area contributed by atoms with Crippen LogP contribution in [0.5, 0.6) is 0 Å². The van der Waals surface area contributed by atoms with Crippen LogP contribution in [-0.2, 0) is 0 Å². The zero-order valence-corrected chi connectivity index (χ0v) is 11.0. The summed E-state index contributed by atoms with van der Waals surface area (Å²) in [7, 11) is 0. The maximum absolute atomic E-state index is 12.1. The van der Waals surface area contributed by atoms with E-state index >= 15 is 0 Å². The van der Waals surface area contributed by atoms with E-state index in [1.165, 1.54) is 0 Å². The van der Waals surface area contributed by atoms with Crippen LogP contribution in [0.1, 0.15) is 38.1 Å². The molecule has 0 spiro atoms. The minimum Gasteiger partial charge on any atom is -0.333 e. The maximum atomic E-state index is 12.1. The number of nitrogens with two attached hydrogens (primary N) is 1. The van der Waals surface area contributed by atoms with Gasteiger partial charge in [-0.2, -0.15) is 0 Å². The largest absolute Gasteiger partial charge is 0.333 e. The average Bonchev–Trinajstić information content (AvgIpc) is 2.14. The highest BCUT2D eigenvalue weighted by Crippen LogP contribution is 2.11. The van der Waals surface area contributed by atoms with Crippen LogP contribution in [0.3, 0.4) is 0 Å². The zero-order chi connectivity index (χ0) is 12.3. The van der Waals surface area contributed by atoms with Crippen molar-refractivity contribution in [1.29, 1.82) is 0 Å². The van der Waals surface area contributed by atoms with Crippen LogP contribution in [0, 0.1) is 0 Å². The lowest BCUT2D eigenvalue weighted by atomic mass is 10.0. The molecule has 1 unspecified atom stereocenters. The molecule has 2 nitrogen and oxygen atoms in total. The van der Waals surface area contributed by atoms with Gasteiger partial charge in [-0.15, -0.1) is 0 Å². The van der Waals surface area contributed by atoms with Crippen molar-refractivity contribution in [2.24, 2.45) is 0 Å². The van der Waals surface area contributed by atoms with Crippen LogP contribution in [0.25, 0.3) is 0 Å². The Bertz CT molecular complexity index is 382. The van der Waals surface area contributed by atoms with Gasteiger partial charge in [-0.05, 0) is 39.8 Å². The van der Waals surface area contributed by atoms with E-state index in [-0.39, 0.29) is 17.4 Å². The predicted octanol–water partition coefficient (Wildman–Crippen LogP) is 2.27. The Morgan fingerprint density at radius 2 is 2.00 bits per heavy atom. The van der Waals surface area contributed by atoms with E-state index in [2.05, 4.69) is 26.1 Å². The Hall–Kier alpha value is -0.860. The van der Waals surface area contributed by atoms with Crippen molar-refractivity contribution in [3.63, 3.8) is 0 Å². The van der Waals surface area contributed by atoms with E-state index in [4.69, 9.17) is 11.6 Å². The number of quaternary nitrogens is 1. The molecule has 1 atom stereocenters. The van der Waals surface area contributed by atoms with Gasteiger partial charge in [0.2, 0.25) is 5.78 Å². The third-order valence-corrected chi connectivity index (χ3v) is 2.51. The second-order valence-corrected chi connectivity index (χ2v) is 5.63. The number of ketones is 1. The molecule has 0 aromatic heterocycles. The Balaban J connectivity index is 2.78. The predicted molar refractivity (Wildman–Crippen MR) is 66.9 cm³/mol. The van der Waals surface area contributed by atoms with Gasteiger partial charge in [0.1, 0.15) is 6.04 Å². The van der Waals surface area contributed by atoms with Gasteiger partial charge in [0.15, 0.2) is 0 Å². The van der Waals surface area contributed by atoms with Crippen LogP contribution in [0.4, 0.5) is 0 Å². The monoisotopic (exact) mass is 240 g/mol. The molecule has 0 fully saturated rings. The summed E-state index contributed by atoms with van der Waals surface area (Å²) in [6.45, 7) is 8.20. The average molecular weight is 241 g/mol. The Kier molecular flexibility index (Phi) is 4.11. The van der Waals surface area contributed by atoms with Gasteiger partial charge in [-0.1, -0.05) is 23.7 Å². The highest BCUT2D eigenvalue weighted by atomic mass is 35.5. The van der Waals surface area contributed by atoms with Gasteiger partial charge in [-0.25, -0.2) is 0 Å². The molecule has 3 heteroatoms. The van der Waals surface area contributed by atoms with Crippen molar-refractivity contribution in [3.05, 3.63) is 34.9 Å². The van der Waals surface area contributed by atoms with E-state index in [1.54, 1.807) is 24.3 Å². The minimum absolute atomic E-state index is 0.0493. The van der Waals surface area contributed by atoms with E-state index in [0.717, 1.165) is 0 Å². The molecule has 1 rings (SSSR count). The topological polar surface area (TPSA) is 33.7 Å². The first kappa shape index (κ1) is 13.2. The molecule has 0 aliphatic heterocycles. The molecule has 0 saturated carbocycles. The van der Waals surface area contributed by atoms with Crippen molar-refractivity contribution in [2.45, 2.75) is 39.3 Å². The number of rotatable bonds is 3. The number of carbonyl (C=O) groups is 1. The molecule has 0 bridgehead atoms. The molecule has 0 heterocycles. The van der Waals surface area contributed by atoms with Crippen LogP contribution in [-0.4, -0.2) is 17.4 Å². The molecule has 0 aliphatic carbocycles. The normalized spacial score (nSPS) is 13.6. The number of hydrogen-bond donors (Lipinski definition) is 1. The molecule has 1 aromatic rings. The first-order valence-corrected chi connectivity index (χ1v) is 5.83. The van der Waals surface area contributed by atoms with E-state index in [1.807, 2.05) is 6.92 Å². The first-order chi connectivity index (χ1) is 7.29. The number of Topliss-reactive ketones (excluding diaryl/α,β-unsaturated/α-hetero) is 1. The van der Waals surface area contributed by atoms with Crippen molar-refractivity contribution in [3.8, 4) is 0 Å². The number of carbonyl (C=O) groups excluding carboxylic acids is 1. The van der Waals surface area contributed by atoms with Crippen LogP contribution in [0.15, 0.2) is 24.3 Å². The minimum atomic E-state index is -0.0848. The summed E-state index contributed by atoms with van der Waals surface area (Å²) >= 11 is 5.86. The number of benzene rings is 1. The van der Waals surface area contributed by atoms with Crippen molar-refractivity contribution < 1.29 is 10.1 Å². The molecular weight excluding hydrogens is 222 g/mol. The molecule has 0 aliphatic rings. The van der Waals surface area contributed by atoms with Gasteiger partial charge in [0.25, 0.3) is 0 Å². The highest BCUT2D eigenvalue weighted by Gasteiger charge is 2.24. The number of halogens is 1. The van der Waals surface area contributed by atoms with Crippen molar-refractivity contribution in [2.75, 3.05) is 0 Å². The fraction of sp³-hybridized carbons (Fsp3) is 0.462. The first-order valence-electron chi connectivity index (χ1n) is 5.45. The summed E-state index contributed by atoms with van der Waals surface area (Å²) in [6.07, 6.45) is 0. The molecule has 2 N–H and O–H groups in total. The molecule has 88 valence electrons. The van der Waals surface area contributed by atoms with Crippen LogP contribution < -0.4 is 5.32 Å². The van der Waals surface area contributed by atoms with E-state index in [9.17, 15) is 4.79 Å². The molecule has 0 amide bonds. The van der Waals surface area contributed by atoms with Gasteiger partial charge in [0.05, 0.1) is 5.54 Å². The maximum Gasteiger partial charge on any atom is 0.219 e. The summed E-state index contributed by atoms with van der Waals surface area (Å²) in [5.41, 5.74) is 0.730. The standard InChI is InChI=1S/C13H18ClNO/c1-9(15-13(2,3)4)12(16)10-6-5-7-11(14)8-10/h5-9,15H,1-4H3/p+1. The lowest BCUT2D eigenvalue weighted by Gasteiger charge is -2.21. The summed E-state index contributed by atoms with van der Waals surface area (Å²) in [5, 5.41) is 2.67. The lowest BCUT2D eigenvalue weighted by molar-refractivity contribution is -0.732. The van der Waals surface area contributed by atoms with Crippen LogP contribution in [0.2, 0.25) is 5.02 Å². The third kappa shape index (κ3) is 3.95. The number of hydrogen-bond acceptors (Lipinski definition) is 1. The lowest BCUT2D eigenvalue weighted by Crippen LogP contribution is -2.99. The second-order valence-electron chi connectivity index (χ2n) is 5.20. The third-order valence-electron chi connectivity index (χ3n) is 2.27. The summed E-state index contributed by atoms with van der Waals surface area (Å²) in [5.74, 6) is 0.123. The van der Waals surface area contributed by atoms with Crippen molar-refractivity contribution >= 4 is 17.4 Å². The quantitative estimate of drug-likeness (QED) is 0.808. The molecule has 0 radical (unpaired) electrons. The second kappa shape index (κ2) is 4.98. The smallest absolute Gasteiger partial charge is 0.219 e. The summed E-state index contributed by atoms with van der Waals surface area (Å²) in [4.78, 5) is 12.1. The van der Waals surface area contributed by atoms with Gasteiger partial charge in [-0.3, -0.25) is 4.79 Å². The van der Waals surface area contributed by atoms with Gasteiger partial charge < -0.3 is 5.32 Å². The Morgan fingerprint density at radius 3 is 2.50 bits per heavy atom. The van der Waals surface area contributed by atoms with Crippen LogP contribution >= 0.6 is 11.6 Å². The molecule has 0 saturated heterocycles. The van der Waals surface area contributed by atoms with Crippen molar-refractivity contribution in [1.82, 2.24) is 0 Å². The summed E-state index contributed by atoms with van der Waals surface area (Å²) < 4.78 is 0. The summed E-state index contributed by atoms with van der Waals surface area (Å²) in [6, 6.07) is 7.02. The Labute approximate surface area is 102 Å². The molecular formula is C13H19ClNO+. The molecule has 1 aromatic carbocycles. The SMILES string of the molecule is CC([NH2+]C(C)(C)C)C(=O)c1cccc(Cl)c1.